The van der Waals surface area contributed by atoms with Gasteiger partial charge in [-0.2, -0.15) is 0 Å². The fraction of sp³-hybridized carbons (Fsp3) is 0.273. The Morgan fingerprint density at radius 2 is 2.03 bits per heavy atom. The standard InChI is InChI=1S/C22H22N2O4S/c1-12(2)21(25)23-16-10-14-13(9-18(16)28-3)6-7-24-17(22(26)27)11-15(20(14)24)19-5-4-8-29-19/h4-5,8-12H,6-7H2,1-3H3,(H,23,25)(H,26,27). The molecule has 4 rings (SSSR count). The first-order chi connectivity index (χ1) is 13.9. The molecule has 1 aromatic carbocycles. The molecule has 3 heterocycles. The largest absolute Gasteiger partial charge is 0.495 e. The Morgan fingerprint density at radius 1 is 1.24 bits per heavy atom. The van der Waals surface area contributed by atoms with Crippen LogP contribution in [-0.2, 0) is 17.8 Å². The minimum absolute atomic E-state index is 0.0980. The van der Waals surface area contributed by atoms with Crippen molar-refractivity contribution < 1.29 is 19.4 Å². The highest BCUT2D eigenvalue weighted by Crippen LogP contribution is 2.44. The molecule has 0 atom stereocenters. The van der Waals surface area contributed by atoms with Crippen LogP contribution in [0, 0.1) is 5.92 Å². The number of thiophene rings is 1. The lowest BCUT2D eigenvalue weighted by Gasteiger charge is -2.24. The van der Waals surface area contributed by atoms with Crippen LogP contribution in [-0.4, -0.2) is 28.7 Å². The van der Waals surface area contributed by atoms with E-state index in [1.54, 1.807) is 24.5 Å². The summed E-state index contributed by atoms with van der Waals surface area (Å²) >= 11 is 1.57. The minimum Gasteiger partial charge on any atom is -0.495 e. The number of aromatic nitrogens is 1. The van der Waals surface area contributed by atoms with E-state index >= 15 is 0 Å². The Kier molecular flexibility index (Phi) is 4.92. The Labute approximate surface area is 172 Å². The third-order valence-corrected chi connectivity index (χ3v) is 6.07. The Balaban J connectivity index is 1.93. The Morgan fingerprint density at radius 3 is 2.66 bits per heavy atom. The lowest BCUT2D eigenvalue weighted by atomic mass is 9.94. The monoisotopic (exact) mass is 410 g/mol. The van der Waals surface area contributed by atoms with Gasteiger partial charge in [0.25, 0.3) is 0 Å². The van der Waals surface area contributed by atoms with Crippen LogP contribution in [0.1, 0.15) is 29.9 Å². The van der Waals surface area contributed by atoms with Crippen molar-refractivity contribution in [2.45, 2.75) is 26.8 Å². The number of carboxylic acids is 1. The van der Waals surface area contributed by atoms with E-state index in [9.17, 15) is 14.7 Å². The van der Waals surface area contributed by atoms with Gasteiger partial charge in [-0.3, -0.25) is 4.79 Å². The van der Waals surface area contributed by atoms with Gasteiger partial charge in [0.15, 0.2) is 0 Å². The molecule has 3 aromatic rings. The van der Waals surface area contributed by atoms with Crippen LogP contribution < -0.4 is 10.1 Å². The van der Waals surface area contributed by atoms with E-state index in [-0.39, 0.29) is 17.5 Å². The molecule has 0 fully saturated rings. The fourth-order valence-electron chi connectivity index (χ4n) is 3.69. The topological polar surface area (TPSA) is 80.6 Å². The van der Waals surface area contributed by atoms with Gasteiger partial charge in [0.2, 0.25) is 5.91 Å². The lowest BCUT2D eigenvalue weighted by Crippen LogP contribution is -2.19. The van der Waals surface area contributed by atoms with E-state index in [0.29, 0.717) is 24.4 Å². The normalized spacial score (nSPS) is 12.4. The number of nitrogens with zero attached hydrogens (tertiary/aromatic N) is 1. The number of methoxy groups -OCH3 is 1. The molecule has 29 heavy (non-hydrogen) atoms. The van der Waals surface area contributed by atoms with Gasteiger partial charge in [-0.05, 0) is 41.6 Å². The number of benzene rings is 1. The smallest absolute Gasteiger partial charge is 0.352 e. The number of aromatic carboxylic acids is 1. The fourth-order valence-corrected chi connectivity index (χ4v) is 4.44. The number of carbonyl (C=O) groups excluding carboxylic acids is 1. The molecule has 7 heteroatoms. The number of nitrogens with one attached hydrogen (secondary N) is 1. The molecule has 150 valence electrons. The van der Waals surface area contributed by atoms with Crippen LogP contribution in [0.15, 0.2) is 35.7 Å². The Hall–Kier alpha value is -3.06. The van der Waals surface area contributed by atoms with E-state index in [0.717, 1.165) is 27.3 Å². The van der Waals surface area contributed by atoms with E-state index in [1.807, 2.05) is 48.1 Å². The summed E-state index contributed by atoms with van der Waals surface area (Å²) < 4.78 is 7.37. The molecule has 1 aliphatic rings. The van der Waals surface area contributed by atoms with Crippen LogP contribution in [0.4, 0.5) is 5.69 Å². The van der Waals surface area contributed by atoms with Crippen molar-refractivity contribution in [3.63, 3.8) is 0 Å². The number of ether oxygens (including phenoxy) is 1. The number of hydrogen-bond acceptors (Lipinski definition) is 4. The molecular formula is C22H22N2O4S. The second-order valence-electron chi connectivity index (χ2n) is 7.33. The quantitative estimate of drug-likeness (QED) is 0.637. The number of fused-ring (bicyclic) bond motifs is 3. The van der Waals surface area contributed by atoms with Gasteiger partial charge < -0.3 is 19.7 Å². The first-order valence-corrected chi connectivity index (χ1v) is 10.3. The van der Waals surface area contributed by atoms with Crippen LogP contribution in [0.5, 0.6) is 5.75 Å². The maximum Gasteiger partial charge on any atom is 0.352 e. The first kappa shape index (κ1) is 19.3. The van der Waals surface area contributed by atoms with Crippen molar-refractivity contribution in [2.75, 3.05) is 12.4 Å². The molecule has 0 radical (unpaired) electrons. The Bertz CT molecular complexity index is 1100. The van der Waals surface area contributed by atoms with Gasteiger partial charge in [0, 0.05) is 28.5 Å². The van der Waals surface area contributed by atoms with Crippen LogP contribution in [0.3, 0.4) is 0 Å². The van der Waals surface area contributed by atoms with Crippen LogP contribution in [0.2, 0.25) is 0 Å². The molecule has 2 N–H and O–H groups in total. The van der Waals surface area contributed by atoms with Gasteiger partial charge in [-0.25, -0.2) is 4.79 Å². The maximum absolute atomic E-state index is 12.3. The summed E-state index contributed by atoms with van der Waals surface area (Å²) in [6.07, 6.45) is 0.690. The molecule has 0 spiro atoms. The van der Waals surface area contributed by atoms with Crippen LogP contribution >= 0.6 is 11.3 Å². The van der Waals surface area contributed by atoms with E-state index in [1.165, 1.54) is 0 Å². The number of aryl methyl sites for hydroxylation is 1. The third kappa shape index (κ3) is 3.31. The average molecular weight is 410 g/mol. The van der Waals surface area contributed by atoms with Crippen molar-refractivity contribution in [3.8, 4) is 27.4 Å². The number of carbonyl (C=O) groups is 2. The number of carboxylic acid groups (broad SMARTS) is 1. The van der Waals surface area contributed by atoms with Crippen LogP contribution in [0.25, 0.3) is 21.7 Å². The zero-order valence-electron chi connectivity index (χ0n) is 16.5. The van der Waals surface area contributed by atoms with Crippen molar-refractivity contribution in [2.24, 2.45) is 5.92 Å². The average Bonchev–Trinajstić information content (AvgIpc) is 3.34. The highest BCUT2D eigenvalue weighted by Gasteiger charge is 2.28. The summed E-state index contributed by atoms with van der Waals surface area (Å²) in [4.78, 5) is 25.2. The highest BCUT2D eigenvalue weighted by molar-refractivity contribution is 7.13. The summed E-state index contributed by atoms with van der Waals surface area (Å²) in [7, 11) is 1.58. The van der Waals surface area contributed by atoms with E-state index < -0.39 is 5.97 Å². The molecule has 0 unspecified atom stereocenters. The third-order valence-electron chi connectivity index (χ3n) is 5.17. The van der Waals surface area contributed by atoms with Crippen molar-refractivity contribution >= 4 is 28.9 Å². The molecule has 0 saturated heterocycles. The molecule has 0 aliphatic carbocycles. The molecule has 6 nitrogen and oxygen atoms in total. The molecule has 1 aliphatic heterocycles. The minimum atomic E-state index is -0.945. The van der Waals surface area contributed by atoms with E-state index in [2.05, 4.69) is 5.32 Å². The molecular weight excluding hydrogens is 388 g/mol. The summed E-state index contributed by atoms with van der Waals surface area (Å²) in [6.45, 7) is 4.25. The summed E-state index contributed by atoms with van der Waals surface area (Å²) in [5, 5.41) is 14.6. The van der Waals surface area contributed by atoms with Gasteiger partial charge in [-0.15, -0.1) is 11.3 Å². The SMILES string of the molecule is COc1cc2c(cc1NC(=O)C(C)C)-c1c(-c3cccs3)cc(C(=O)O)n1CC2. The molecule has 0 bridgehead atoms. The zero-order chi connectivity index (χ0) is 20.7. The van der Waals surface area contributed by atoms with Crippen molar-refractivity contribution in [3.05, 3.63) is 47.0 Å². The number of hydrogen-bond donors (Lipinski definition) is 2. The summed E-state index contributed by atoms with van der Waals surface area (Å²) in [5.74, 6) is -0.604. The molecule has 2 aromatic heterocycles. The number of rotatable bonds is 5. The second-order valence-corrected chi connectivity index (χ2v) is 8.28. The maximum atomic E-state index is 12.3. The van der Waals surface area contributed by atoms with E-state index in [4.69, 9.17) is 4.74 Å². The lowest BCUT2D eigenvalue weighted by molar-refractivity contribution is -0.118. The van der Waals surface area contributed by atoms with Gasteiger partial charge in [0.1, 0.15) is 11.4 Å². The first-order valence-electron chi connectivity index (χ1n) is 9.43. The van der Waals surface area contributed by atoms with Crippen molar-refractivity contribution in [1.29, 1.82) is 0 Å². The predicted molar refractivity (Wildman–Crippen MR) is 114 cm³/mol. The summed E-state index contributed by atoms with van der Waals surface area (Å²) in [6, 6.07) is 9.54. The van der Waals surface area contributed by atoms with Gasteiger partial charge in [0.05, 0.1) is 18.5 Å². The number of anilines is 1. The second kappa shape index (κ2) is 7.40. The number of amides is 1. The predicted octanol–water partition coefficient (Wildman–Crippen LogP) is 4.74. The molecule has 1 amide bonds. The summed E-state index contributed by atoms with van der Waals surface area (Å²) in [5.41, 5.74) is 4.63. The van der Waals surface area contributed by atoms with Gasteiger partial charge >= 0.3 is 5.97 Å². The zero-order valence-corrected chi connectivity index (χ0v) is 17.3. The molecule has 0 saturated carbocycles. The highest BCUT2D eigenvalue weighted by atomic mass is 32.1. The van der Waals surface area contributed by atoms with Crippen molar-refractivity contribution in [1.82, 2.24) is 4.57 Å². The van der Waals surface area contributed by atoms with Gasteiger partial charge in [-0.1, -0.05) is 19.9 Å².